The number of piperazine rings is 1. The fourth-order valence-electron chi connectivity index (χ4n) is 2.83. The minimum atomic E-state index is -0.169. The molecule has 2 unspecified atom stereocenters. The third-order valence-electron chi connectivity index (χ3n) is 4.00. The van der Waals surface area contributed by atoms with Gasteiger partial charge in [0.25, 0.3) is 0 Å². The van der Waals surface area contributed by atoms with Crippen LogP contribution in [-0.2, 0) is 0 Å². The molecule has 0 aromatic heterocycles. The fraction of sp³-hybridized carbons (Fsp3) is 0.600. The van der Waals surface area contributed by atoms with Crippen molar-refractivity contribution in [1.82, 2.24) is 10.2 Å². The molecule has 1 aliphatic heterocycles. The highest BCUT2D eigenvalue weighted by Crippen LogP contribution is 2.23. The molecule has 0 amide bonds. The van der Waals surface area contributed by atoms with Gasteiger partial charge in [-0.15, -0.1) is 0 Å². The molecule has 1 fully saturated rings. The highest BCUT2D eigenvalue weighted by Gasteiger charge is 2.28. The van der Waals surface area contributed by atoms with Gasteiger partial charge < -0.3 is 10.2 Å². The molecular formula is C15H24FN3. The number of nitrogens with zero attached hydrogens (tertiary/aromatic N) is 2. The lowest BCUT2D eigenvalue weighted by atomic mass is 10.0. The van der Waals surface area contributed by atoms with Crippen LogP contribution in [0.25, 0.3) is 0 Å². The van der Waals surface area contributed by atoms with Gasteiger partial charge in [0, 0.05) is 30.9 Å². The van der Waals surface area contributed by atoms with E-state index in [9.17, 15) is 4.39 Å². The number of nitrogens with one attached hydrogen (secondary N) is 1. The normalized spacial score (nSPS) is 24.7. The van der Waals surface area contributed by atoms with Crippen molar-refractivity contribution in [3.63, 3.8) is 0 Å². The molecule has 1 N–H and O–H groups in total. The predicted octanol–water partition coefficient (Wildman–Crippen LogP) is 1.94. The minimum absolute atomic E-state index is 0.169. The van der Waals surface area contributed by atoms with Gasteiger partial charge in [-0.25, -0.2) is 4.39 Å². The van der Waals surface area contributed by atoms with Crippen molar-refractivity contribution >= 4 is 5.69 Å². The van der Waals surface area contributed by atoms with Gasteiger partial charge in [0.2, 0.25) is 0 Å². The molecule has 0 saturated carbocycles. The molecule has 1 aromatic carbocycles. The molecular weight excluding hydrogens is 241 g/mol. The zero-order valence-electron chi connectivity index (χ0n) is 12.1. The van der Waals surface area contributed by atoms with E-state index in [0.29, 0.717) is 12.1 Å². The maximum atomic E-state index is 13.0. The summed E-state index contributed by atoms with van der Waals surface area (Å²) in [5.74, 6) is -0.169. The smallest absolute Gasteiger partial charge is 0.123 e. The standard InChI is InChI=1S/C15H24FN3/c1-12-10-18(3)15(8-9-17-2)11-19(12)14-6-4-13(16)5-7-14/h4-7,12,15,17H,8-11H2,1-3H3. The topological polar surface area (TPSA) is 18.5 Å². The van der Waals surface area contributed by atoms with E-state index in [0.717, 1.165) is 31.7 Å². The second-order valence-electron chi connectivity index (χ2n) is 5.46. The summed E-state index contributed by atoms with van der Waals surface area (Å²) in [7, 11) is 4.18. The summed E-state index contributed by atoms with van der Waals surface area (Å²) in [6.45, 7) is 5.31. The van der Waals surface area contributed by atoms with Crippen molar-refractivity contribution in [2.75, 3.05) is 38.6 Å². The molecule has 1 heterocycles. The van der Waals surface area contributed by atoms with Gasteiger partial charge in [-0.2, -0.15) is 0 Å². The van der Waals surface area contributed by atoms with E-state index in [1.165, 1.54) is 0 Å². The molecule has 1 aromatic rings. The monoisotopic (exact) mass is 265 g/mol. The Balaban J connectivity index is 2.08. The van der Waals surface area contributed by atoms with E-state index in [2.05, 4.69) is 29.1 Å². The summed E-state index contributed by atoms with van der Waals surface area (Å²) < 4.78 is 13.0. The highest BCUT2D eigenvalue weighted by atomic mass is 19.1. The summed E-state index contributed by atoms with van der Waals surface area (Å²) in [6.07, 6.45) is 1.14. The molecule has 3 nitrogen and oxygen atoms in total. The Morgan fingerprint density at radius 3 is 2.58 bits per heavy atom. The van der Waals surface area contributed by atoms with Gasteiger partial charge in [-0.05, 0) is 58.3 Å². The molecule has 1 saturated heterocycles. The maximum Gasteiger partial charge on any atom is 0.123 e. The van der Waals surface area contributed by atoms with E-state index in [1.807, 2.05) is 19.2 Å². The first-order valence-corrected chi connectivity index (χ1v) is 6.99. The van der Waals surface area contributed by atoms with E-state index in [1.54, 1.807) is 12.1 Å². The second-order valence-corrected chi connectivity index (χ2v) is 5.46. The molecule has 0 spiro atoms. The number of anilines is 1. The summed E-state index contributed by atoms with van der Waals surface area (Å²) in [5, 5.41) is 3.21. The van der Waals surface area contributed by atoms with Crippen LogP contribution in [0.15, 0.2) is 24.3 Å². The largest absolute Gasteiger partial charge is 0.366 e. The molecule has 1 aliphatic rings. The average Bonchev–Trinajstić information content (AvgIpc) is 2.39. The third kappa shape index (κ3) is 3.45. The molecule has 0 radical (unpaired) electrons. The summed E-state index contributed by atoms with van der Waals surface area (Å²) >= 11 is 0. The first-order chi connectivity index (χ1) is 9.11. The van der Waals surface area contributed by atoms with Gasteiger partial charge in [0.1, 0.15) is 5.82 Å². The van der Waals surface area contributed by atoms with E-state index in [-0.39, 0.29) is 5.82 Å². The van der Waals surface area contributed by atoms with Gasteiger partial charge in [-0.3, -0.25) is 4.90 Å². The summed E-state index contributed by atoms with van der Waals surface area (Å²) in [5.41, 5.74) is 1.12. The number of halogens is 1. The Hall–Kier alpha value is -1.13. The van der Waals surface area contributed by atoms with Crippen LogP contribution in [0.5, 0.6) is 0 Å². The maximum absolute atomic E-state index is 13.0. The lowest BCUT2D eigenvalue weighted by Crippen LogP contribution is -2.56. The van der Waals surface area contributed by atoms with Gasteiger partial charge in [-0.1, -0.05) is 0 Å². The average molecular weight is 265 g/mol. The summed E-state index contributed by atoms with van der Waals surface area (Å²) in [6, 6.07) is 7.86. The van der Waals surface area contributed by atoms with E-state index in [4.69, 9.17) is 0 Å². The number of likely N-dealkylation sites (N-methyl/N-ethyl adjacent to an activating group) is 1. The van der Waals surface area contributed by atoms with Crippen LogP contribution < -0.4 is 10.2 Å². The van der Waals surface area contributed by atoms with Crippen LogP contribution >= 0.6 is 0 Å². The van der Waals surface area contributed by atoms with E-state index >= 15 is 0 Å². The van der Waals surface area contributed by atoms with Crippen molar-refractivity contribution < 1.29 is 4.39 Å². The van der Waals surface area contributed by atoms with Crippen molar-refractivity contribution in [1.29, 1.82) is 0 Å². The van der Waals surface area contributed by atoms with Crippen molar-refractivity contribution in [2.45, 2.75) is 25.4 Å². The molecule has 19 heavy (non-hydrogen) atoms. The number of hydrogen-bond donors (Lipinski definition) is 1. The highest BCUT2D eigenvalue weighted by molar-refractivity contribution is 5.48. The molecule has 0 aliphatic carbocycles. The molecule has 106 valence electrons. The number of rotatable bonds is 4. The zero-order valence-corrected chi connectivity index (χ0v) is 12.1. The first kappa shape index (κ1) is 14.3. The van der Waals surface area contributed by atoms with E-state index < -0.39 is 0 Å². The zero-order chi connectivity index (χ0) is 13.8. The molecule has 2 rings (SSSR count). The Bertz CT molecular complexity index is 393. The van der Waals surface area contributed by atoms with Crippen LogP contribution in [0.3, 0.4) is 0 Å². The second kappa shape index (κ2) is 6.35. The molecule has 0 bridgehead atoms. The predicted molar refractivity (Wildman–Crippen MR) is 78.2 cm³/mol. The van der Waals surface area contributed by atoms with Crippen molar-refractivity contribution in [2.24, 2.45) is 0 Å². The lowest BCUT2D eigenvalue weighted by molar-refractivity contribution is 0.183. The summed E-state index contributed by atoms with van der Waals surface area (Å²) in [4.78, 5) is 4.82. The Labute approximate surface area is 115 Å². The third-order valence-corrected chi connectivity index (χ3v) is 4.00. The molecule has 2 atom stereocenters. The number of benzene rings is 1. The first-order valence-electron chi connectivity index (χ1n) is 6.99. The Morgan fingerprint density at radius 2 is 1.95 bits per heavy atom. The van der Waals surface area contributed by atoms with Gasteiger partial charge in [0.05, 0.1) is 0 Å². The van der Waals surface area contributed by atoms with Gasteiger partial charge >= 0.3 is 0 Å². The van der Waals surface area contributed by atoms with Crippen LogP contribution in [0.4, 0.5) is 10.1 Å². The minimum Gasteiger partial charge on any atom is -0.366 e. The SMILES string of the molecule is CNCCC1CN(c2ccc(F)cc2)C(C)CN1C. The quantitative estimate of drug-likeness (QED) is 0.897. The van der Waals surface area contributed by atoms with Crippen LogP contribution in [-0.4, -0.2) is 50.7 Å². The Morgan fingerprint density at radius 1 is 1.26 bits per heavy atom. The fourth-order valence-corrected chi connectivity index (χ4v) is 2.83. The lowest BCUT2D eigenvalue weighted by Gasteiger charge is -2.45. The van der Waals surface area contributed by atoms with Crippen LogP contribution in [0.1, 0.15) is 13.3 Å². The Kier molecular flexibility index (Phi) is 4.77. The molecule has 4 heteroatoms. The van der Waals surface area contributed by atoms with Crippen molar-refractivity contribution in [3.05, 3.63) is 30.1 Å². The van der Waals surface area contributed by atoms with Crippen LogP contribution in [0, 0.1) is 5.82 Å². The number of hydrogen-bond acceptors (Lipinski definition) is 3. The van der Waals surface area contributed by atoms with Crippen molar-refractivity contribution in [3.8, 4) is 0 Å². The van der Waals surface area contributed by atoms with Crippen LogP contribution in [0.2, 0.25) is 0 Å². The van der Waals surface area contributed by atoms with Gasteiger partial charge in [0.15, 0.2) is 0 Å².